The van der Waals surface area contributed by atoms with Gasteiger partial charge in [-0.05, 0) is 37.8 Å². The van der Waals surface area contributed by atoms with E-state index < -0.39 is 5.97 Å². The van der Waals surface area contributed by atoms with E-state index in [1.165, 1.54) is 12.3 Å². The summed E-state index contributed by atoms with van der Waals surface area (Å²) in [6.45, 7) is 4.52. The van der Waals surface area contributed by atoms with Crippen LogP contribution >= 0.6 is 0 Å². The molecule has 0 saturated carbocycles. The van der Waals surface area contributed by atoms with Crippen molar-refractivity contribution in [1.29, 1.82) is 0 Å². The lowest BCUT2D eigenvalue weighted by Gasteiger charge is -2.28. The molecule has 2 N–H and O–H groups in total. The van der Waals surface area contributed by atoms with E-state index in [0.29, 0.717) is 12.6 Å². The van der Waals surface area contributed by atoms with Crippen LogP contribution in [0.3, 0.4) is 0 Å². The van der Waals surface area contributed by atoms with Crippen LogP contribution in [0.4, 0.5) is 4.79 Å². The lowest BCUT2D eigenvalue weighted by atomic mass is 10.2. The van der Waals surface area contributed by atoms with Crippen molar-refractivity contribution in [2.75, 3.05) is 0 Å². The van der Waals surface area contributed by atoms with E-state index in [4.69, 9.17) is 5.11 Å². The molecule has 1 aliphatic heterocycles. The van der Waals surface area contributed by atoms with E-state index in [0.717, 1.165) is 24.8 Å². The summed E-state index contributed by atoms with van der Waals surface area (Å²) in [7, 11) is 0. The van der Waals surface area contributed by atoms with Gasteiger partial charge in [0.1, 0.15) is 5.69 Å². The molecule has 0 radical (unpaired) electrons. The number of hydrogen-bond donors (Lipinski definition) is 2. The molecule has 1 fully saturated rings. The van der Waals surface area contributed by atoms with Gasteiger partial charge in [-0.25, -0.2) is 14.6 Å². The topological polar surface area (TPSA) is 82.5 Å². The third-order valence-corrected chi connectivity index (χ3v) is 3.98. The number of carbonyl (C=O) groups is 2. The molecule has 1 aromatic rings. The van der Waals surface area contributed by atoms with Crippen LogP contribution in [-0.2, 0) is 6.54 Å². The standard InChI is InChI=1S/C15H21N3O3/c1-3-12-6-4-10(2)18(12)15(21)17-9-11-5-7-13(14(19)20)16-8-11/h5,7-8,10,12H,3-4,6,9H2,1-2H3,(H,17,21)(H,19,20). The molecular formula is C15H21N3O3. The molecule has 6 nitrogen and oxygen atoms in total. The van der Waals surface area contributed by atoms with Crippen molar-refractivity contribution in [1.82, 2.24) is 15.2 Å². The Kier molecular flexibility index (Phi) is 4.77. The van der Waals surface area contributed by atoms with Crippen LogP contribution in [-0.4, -0.2) is 39.1 Å². The minimum atomic E-state index is -1.05. The molecule has 21 heavy (non-hydrogen) atoms. The summed E-state index contributed by atoms with van der Waals surface area (Å²) >= 11 is 0. The van der Waals surface area contributed by atoms with Gasteiger partial charge in [0, 0.05) is 24.8 Å². The number of amides is 2. The highest BCUT2D eigenvalue weighted by Gasteiger charge is 2.32. The maximum Gasteiger partial charge on any atom is 0.354 e. The Morgan fingerprint density at radius 2 is 2.19 bits per heavy atom. The number of aromatic carboxylic acids is 1. The van der Waals surface area contributed by atoms with Crippen LogP contribution in [0.1, 0.15) is 49.2 Å². The van der Waals surface area contributed by atoms with Gasteiger partial charge in [-0.3, -0.25) is 0 Å². The first kappa shape index (κ1) is 15.3. The van der Waals surface area contributed by atoms with Crippen LogP contribution in [0.15, 0.2) is 18.3 Å². The number of nitrogens with zero attached hydrogens (tertiary/aromatic N) is 2. The van der Waals surface area contributed by atoms with Gasteiger partial charge in [-0.15, -0.1) is 0 Å². The third-order valence-electron chi connectivity index (χ3n) is 3.98. The Labute approximate surface area is 124 Å². The number of carboxylic acids is 1. The van der Waals surface area contributed by atoms with Crippen LogP contribution in [0.25, 0.3) is 0 Å². The normalized spacial score (nSPS) is 21.3. The summed E-state index contributed by atoms with van der Waals surface area (Å²) < 4.78 is 0. The summed E-state index contributed by atoms with van der Waals surface area (Å²) in [5.74, 6) is -1.05. The van der Waals surface area contributed by atoms with E-state index in [1.54, 1.807) is 6.07 Å². The molecule has 1 aliphatic rings. The maximum absolute atomic E-state index is 12.3. The fourth-order valence-corrected chi connectivity index (χ4v) is 2.76. The smallest absolute Gasteiger partial charge is 0.354 e. The van der Waals surface area contributed by atoms with Crippen molar-refractivity contribution in [2.24, 2.45) is 0 Å². The molecule has 2 amide bonds. The number of nitrogens with one attached hydrogen (secondary N) is 1. The Morgan fingerprint density at radius 3 is 2.76 bits per heavy atom. The molecule has 2 unspecified atom stereocenters. The van der Waals surface area contributed by atoms with Crippen LogP contribution in [0, 0.1) is 0 Å². The average Bonchev–Trinajstić information content (AvgIpc) is 2.86. The molecule has 0 spiro atoms. The van der Waals surface area contributed by atoms with E-state index in [1.807, 2.05) is 4.90 Å². The van der Waals surface area contributed by atoms with Gasteiger partial charge >= 0.3 is 12.0 Å². The lowest BCUT2D eigenvalue weighted by molar-refractivity contribution is 0.0690. The Balaban J connectivity index is 1.93. The SMILES string of the molecule is CCC1CCC(C)N1C(=O)NCc1ccc(C(=O)O)nc1. The highest BCUT2D eigenvalue weighted by molar-refractivity contribution is 5.85. The van der Waals surface area contributed by atoms with Crippen LogP contribution in [0.2, 0.25) is 0 Å². The van der Waals surface area contributed by atoms with E-state index in [9.17, 15) is 9.59 Å². The van der Waals surface area contributed by atoms with Gasteiger partial charge in [0.05, 0.1) is 0 Å². The number of urea groups is 1. The Morgan fingerprint density at radius 1 is 1.43 bits per heavy atom. The van der Waals surface area contributed by atoms with Crippen molar-refractivity contribution in [3.8, 4) is 0 Å². The zero-order chi connectivity index (χ0) is 15.4. The van der Waals surface area contributed by atoms with Gasteiger partial charge in [-0.2, -0.15) is 0 Å². The predicted molar refractivity (Wildman–Crippen MR) is 78.0 cm³/mol. The Bertz CT molecular complexity index is 515. The average molecular weight is 291 g/mol. The fraction of sp³-hybridized carbons (Fsp3) is 0.533. The molecule has 2 rings (SSSR count). The minimum Gasteiger partial charge on any atom is -0.477 e. The fourth-order valence-electron chi connectivity index (χ4n) is 2.76. The molecule has 2 atom stereocenters. The van der Waals surface area contributed by atoms with Crippen molar-refractivity contribution >= 4 is 12.0 Å². The molecule has 0 aliphatic carbocycles. The first-order valence-corrected chi connectivity index (χ1v) is 7.27. The summed E-state index contributed by atoms with van der Waals surface area (Å²) in [4.78, 5) is 28.7. The number of pyridine rings is 1. The second-order valence-corrected chi connectivity index (χ2v) is 5.41. The molecular weight excluding hydrogens is 270 g/mol. The molecule has 0 bridgehead atoms. The van der Waals surface area contributed by atoms with Crippen LogP contribution < -0.4 is 5.32 Å². The van der Waals surface area contributed by atoms with Crippen molar-refractivity contribution in [2.45, 2.75) is 51.7 Å². The van der Waals surface area contributed by atoms with E-state index in [2.05, 4.69) is 24.1 Å². The zero-order valence-corrected chi connectivity index (χ0v) is 12.4. The number of rotatable bonds is 4. The number of likely N-dealkylation sites (tertiary alicyclic amines) is 1. The van der Waals surface area contributed by atoms with Gasteiger partial charge in [-0.1, -0.05) is 13.0 Å². The number of aromatic nitrogens is 1. The van der Waals surface area contributed by atoms with Crippen molar-refractivity contribution < 1.29 is 14.7 Å². The summed E-state index contributed by atoms with van der Waals surface area (Å²) in [6, 6.07) is 3.63. The molecule has 1 saturated heterocycles. The van der Waals surface area contributed by atoms with Gasteiger partial charge in [0.15, 0.2) is 0 Å². The minimum absolute atomic E-state index is 0.00397. The van der Waals surface area contributed by atoms with E-state index in [-0.39, 0.29) is 17.8 Å². The number of carbonyl (C=O) groups excluding carboxylic acids is 1. The third kappa shape index (κ3) is 3.51. The lowest BCUT2D eigenvalue weighted by Crippen LogP contribution is -2.45. The van der Waals surface area contributed by atoms with Crippen molar-refractivity contribution in [3.05, 3.63) is 29.6 Å². The molecule has 1 aromatic heterocycles. The summed E-state index contributed by atoms with van der Waals surface area (Å²) in [5.41, 5.74) is 0.789. The zero-order valence-electron chi connectivity index (χ0n) is 12.4. The maximum atomic E-state index is 12.3. The number of hydrogen-bond acceptors (Lipinski definition) is 3. The second kappa shape index (κ2) is 6.56. The first-order chi connectivity index (χ1) is 10.0. The monoisotopic (exact) mass is 291 g/mol. The van der Waals surface area contributed by atoms with E-state index >= 15 is 0 Å². The predicted octanol–water partition coefficient (Wildman–Crippen LogP) is 2.25. The van der Waals surface area contributed by atoms with Crippen molar-refractivity contribution in [3.63, 3.8) is 0 Å². The highest BCUT2D eigenvalue weighted by atomic mass is 16.4. The molecule has 2 heterocycles. The summed E-state index contributed by atoms with van der Waals surface area (Å²) in [5, 5.41) is 11.7. The Hall–Kier alpha value is -2.11. The molecule has 114 valence electrons. The van der Waals surface area contributed by atoms with Crippen LogP contribution in [0.5, 0.6) is 0 Å². The highest BCUT2D eigenvalue weighted by Crippen LogP contribution is 2.25. The summed E-state index contributed by atoms with van der Waals surface area (Å²) in [6.07, 6.45) is 4.54. The first-order valence-electron chi connectivity index (χ1n) is 7.27. The number of carboxylic acid groups (broad SMARTS) is 1. The molecule has 0 aromatic carbocycles. The van der Waals surface area contributed by atoms with Gasteiger partial charge < -0.3 is 15.3 Å². The van der Waals surface area contributed by atoms with Gasteiger partial charge in [0.2, 0.25) is 0 Å². The molecule has 6 heteroatoms. The van der Waals surface area contributed by atoms with Gasteiger partial charge in [0.25, 0.3) is 0 Å². The largest absolute Gasteiger partial charge is 0.477 e. The quantitative estimate of drug-likeness (QED) is 0.891. The second-order valence-electron chi connectivity index (χ2n) is 5.41.